The van der Waals surface area contributed by atoms with Crippen LogP contribution >= 0.6 is 22.7 Å². The molecule has 11 heteroatoms. The molecule has 3 aromatic rings. The number of thiophene rings is 1. The zero-order valence-electron chi connectivity index (χ0n) is 17.3. The van der Waals surface area contributed by atoms with Gasteiger partial charge < -0.3 is 5.32 Å². The SMILES string of the molecule is CC(=O)NCc1ccc(-c2csc(NC(=O)c3cccc(S(=O)(=O)N4CCCC4)c3)n2)s1. The van der Waals surface area contributed by atoms with E-state index in [9.17, 15) is 18.0 Å². The Hall–Kier alpha value is -2.60. The number of sulfonamides is 1. The van der Waals surface area contributed by atoms with Crippen molar-refractivity contribution in [1.29, 1.82) is 0 Å². The average molecular weight is 491 g/mol. The Morgan fingerprint density at radius 1 is 1.16 bits per heavy atom. The summed E-state index contributed by atoms with van der Waals surface area (Å²) in [4.78, 5) is 30.3. The number of aromatic nitrogens is 1. The van der Waals surface area contributed by atoms with E-state index in [0.29, 0.717) is 24.8 Å². The van der Waals surface area contributed by atoms with Crippen LogP contribution in [0.2, 0.25) is 0 Å². The lowest BCUT2D eigenvalue weighted by molar-refractivity contribution is -0.119. The second-order valence-electron chi connectivity index (χ2n) is 7.31. The Bertz CT molecular complexity index is 1240. The second kappa shape index (κ2) is 9.49. The molecule has 1 fully saturated rings. The van der Waals surface area contributed by atoms with Crippen molar-refractivity contribution in [3.8, 4) is 10.6 Å². The first kappa shape index (κ1) is 22.6. The average Bonchev–Trinajstić information content (AvgIpc) is 3.54. The summed E-state index contributed by atoms with van der Waals surface area (Å²) < 4.78 is 27.0. The van der Waals surface area contributed by atoms with Crippen LogP contribution in [0.15, 0.2) is 46.7 Å². The molecule has 2 amide bonds. The maximum atomic E-state index is 12.8. The minimum atomic E-state index is -3.59. The molecule has 2 N–H and O–H groups in total. The molecule has 0 aliphatic carbocycles. The van der Waals surface area contributed by atoms with E-state index in [2.05, 4.69) is 15.6 Å². The zero-order valence-corrected chi connectivity index (χ0v) is 19.8. The van der Waals surface area contributed by atoms with Gasteiger partial charge in [-0.05, 0) is 43.2 Å². The van der Waals surface area contributed by atoms with Crippen LogP contribution < -0.4 is 10.6 Å². The molecule has 0 saturated carbocycles. The van der Waals surface area contributed by atoms with Gasteiger partial charge in [0.1, 0.15) is 0 Å². The molecular formula is C21H22N4O4S3. The van der Waals surface area contributed by atoms with Crippen LogP contribution in [-0.2, 0) is 21.4 Å². The van der Waals surface area contributed by atoms with E-state index < -0.39 is 15.9 Å². The van der Waals surface area contributed by atoms with Gasteiger partial charge in [-0.15, -0.1) is 22.7 Å². The van der Waals surface area contributed by atoms with Crippen LogP contribution in [0.5, 0.6) is 0 Å². The molecule has 1 aliphatic heterocycles. The largest absolute Gasteiger partial charge is 0.351 e. The molecule has 168 valence electrons. The van der Waals surface area contributed by atoms with E-state index >= 15 is 0 Å². The number of nitrogens with one attached hydrogen (secondary N) is 2. The number of amides is 2. The van der Waals surface area contributed by atoms with Gasteiger partial charge in [0, 0.05) is 35.8 Å². The molecule has 4 rings (SSSR count). The smallest absolute Gasteiger partial charge is 0.257 e. The molecule has 1 aromatic carbocycles. The van der Waals surface area contributed by atoms with Crippen molar-refractivity contribution >= 4 is 49.6 Å². The fourth-order valence-corrected chi connectivity index (χ4v) is 6.56. The first-order chi connectivity index (χ1) is 15.3. The number of hydrogen-bond acceptors (Lipinski definition) is 7. The topological polar surface area (TPSA) is 108 Å². The van der Waals surface area contributed by atoms with E-state index in [0.717, 1.165) is 28.3 Å². The van der Waals surface area contributed by atoms with Gasteiger partial charge in [-0.3, -0.25) is 14.9 Å². The van der Waals surface area contributed by atoms with Crippen molar-refractivity contribution in [2.24, 2.45) is 0 Å². The highest BCUT2D eigenvalue weighted by molar-refractivity contribution is 7.89. The number of nitrogens with zero attached hydrogens (tertiary/aromatic N) is 2. The highest BCUT2D eigenvalue weighted by Gasteiger charge is 2.27. The van der Waals surface area contributed by atoms with Gasteiger partial charge in [0.2, 0.25) is 15.9 Å². The maximum absolute atomic E-state index is 12.8. The molecule has 1 aliphatic rings. The van der Waals surface area contributed by atoms with Crippen LogP contribution in [0.25, 0.3) is 10.6 Å². The maximum Gasteiger partial charge on any atom is 0.257 e. The quantitative estimate of drug-likeness (QED) is 0.527. The van der Waals surface area contributed by atoms with E-state index in [1.165, 1.54) is 46.0 Å². The number of carbonyl (C=O) groups is 2. The van der Waals surface area contributed by atoms with Crippen molar-refractivity contribution in [3.63, 3.8) is 0 Å². The summed E-state index contributed by atoms with van der Waals surface area (Å²) in [5.74, 6) is -0.502. The van der Waals surface area contributed by atoms with Crippen LogP contribution in [0, 0.1) is 0 Å². The van der Waals surface area contributed by atoms with Crippen molar-refractivity contribution in [2.75, 3.05) is 18.4 Å². The number of anilines is 1. The zero-order chi connectivity index (χ0) is 22.7. The number of carbonyl (C=O) groups excluding carboxylic acids is 2. The molecule has 0 atom stereocenters. The van der Waals surface area contributed by atoms with Crippen LogP contribution in [-0.4, -0.2) is 42.6 Å². The molecule has 0 spiro atoms. The fraction of sp³-hybridized carbons (Fsp3) is 0.286. The first-order valence-electron chi connectivity index (χ1n) is 10.0. The Morgan fingerprint density at radius 3 is 2.69 bits per heavy atom. The lowest BCUT2D eigenvalue weighted by Gasteiger charge is -2.15. The summed E-state index contributed by atoms with van der Waals surface area (Å²) in [7, 11) is -3.59. The number of thiazole rings is 1. The summed E-state index contributed by atoms with van der Waals surface area (Å²) in [5, 5.41) is 7.78. The monoisotopic (exact) mass is 490 g/mol. The molecule has 8 nitrogen and oxygen atoms in total. The molecule has 0 bridgehead atoms. The summed E-state index contributed by atoms with van der Waals surface area (Å²) >= 11 is 2.81. The van der Waals surface area contributed by atoms with E-state index in [1.807, 2.05) is 17.5 Å². The predicted octanol–water partition coefficient (Wildman–Crippen LogP) is 3.54. The molecule has 2 aromatic heterocycles. The van der Waals surface area contributed by atoms with Crippen molar-refractivity contribution in [2.45, 2.75) is 31.2 Å². The van der Waals surface area contributed by atoms with E-state index in [-0.39, 0.29) is 16.4 Å². The molecule has 1 saturated heterocycles. The number of rotatable bonds is 7. The Kier molecular flexibility index (Phi) is 6.70. The van der Waals surface area contributed by atoms with E-state index in [4.69, 9.17) is 0 Å². The summed E-state index contributed by atoms with van der Waals surface area (Å²) in [5.41, 5.74) is 0.991. The van der Waals surface area contributed by atoms with Crippen LogP contribution in [0.3, 0.4) is 0 Å². The minimum absolute atomic E-state index is 0.0871. The molecule has 3 heterocycles. The minimum Gasteiger partial charge on any atom is -0.351 e. The van der Waals surface area contributed by atoms with Crippen LogP contribution in [0.4, 0.5) is 5.13 Å². The Balaban J connectivity index is 1.45. The van der Waals surface area contributed by atoms with Crippen molar-refractivity contribution in [1.82, 2.24) is 14.6 Å². The molecule has 0 unspecified atom stereocenters. The highest BCUT2D eigenvalue weighted by atomic mass is 32.2. The van der Waals surface area contributed by atoms with Gasteiger partial charge in [0.05, 0.1) is 22.0 Å². The predicted molar refractivity (Wildman–Crippen MR) is 125 cm³/mol. The lowest BCUT2D eigenvalue weighted by atomic mass is 10.2. The van der Waals surface area contributed by atoms with Gasteiger partial charge in [0.25, 0.3) is 5.91 Å². The van der Waals surface area contributed by atoms with Crippen molar-refractivity contribution in [3.05, 3.63) is 52.2 Å². The van der Waals surface area contributed by atoms with Crippen LogP contribution in [0.1, 0.15) is 35.0 Å². The lowest BCUT2D eigenvalue weighted by Crippen LogP contribution is -2.28. The fourth-order valence-electron chi connectivity index (χ4n) is 3.31. The van der Waals surface area contributed by atoms with Gasteiger partial charge in [-0.1, -0.05) is 6.07 Å². The highest BCUT2D eigenvalue weighted by Crippen LogP contribution is 2.31. The van der Waals surface area contributed by atoms with Crippen molar-refractivity contribution < 1.29 is 18.0 Å². The number of hydrogen-bond donors (Lipinski definition) is 2. The Labute approximate surface area is 194 Å². The normalized spacial score (nSPS) is 14.4. The van der Waals surface area contributed by atoms with E-state index in [1.54, 1.807) is 12.1 Å². The first-order valence-corrected chi connectivity index (χ1v) is 13.2. The third kappa shape index (κ3) is 5.07. The summed E-state index contributed by atoms with van der Waals surface area (Å²) in [6.45, 7) is 2.96. The summed E-state index contributed by atoms with van der Waals surface area (Å²) in [6.07, 6.45) is 1.70. The third-order valence-corrected chi connectivity index (χ3v) is 8.71. The van der Waals surface area contributed by atoms with Gasteiger partial charge in [-0.2, -0.15) is 4.31 Å². The molecule has 0 radical (unpaired) electrons. The third-order valence-electron chi connectivity index (χ3n) is 4.95. The molecular weight excluding hydrogens is 468 g/mol. The molecule has 32 heavy (non-hydrogen) atoms. The van der Waals surface area contributed by atoms with Gasteiger partial charge in [0.15, 0.2) is 5.13 Å². The van der Waals surface area contributed by atoms with Gasteiger partial charge in [-0.25, -0.2) is 13.4 Å². The summed E-state index contributed by atoms with van der Waals surface area (Å²) in [6, 6.07) is 9.94. The number of benzene rings is 1. The standard InChI is InChI=1S/C21H22N4O4S3/c1-14(26)22-12-16-7-8-19(31-16)18-13-30-21(23-18)24-20(27)15-5-4-6-17(11-15)32(28,29)25-9-2-3-10-25/h4-8,11,13H,2-3,9-10,12H2,1H3,(H,22,26)(H,23,24,27). The second-order valence-corrected chi connectivity index (χ2v) is 11.3. The van der Waals surface area contributed by atoms with Gasteiger partial charge >= 0.3 is 0 Å². The Morgan fingerprint density at radius 2 is 1.94 bits per heavy atom.